The lowest BCUT2D eigenvalue weighted by Crippen LogP contribution is -2.28. The Hall–Kier alpha value is -1.84. The van der Waals surface area contributed by atoms with Crippen LogP contribution in [0.25, 0.3) is 11.0 Å². The summed E-state index contributed by atoms with van der Waals surface area (Å²) in [4.78, 5) is 7.00. The number of amidine groups is 1. The van der Waals surface area contributed by atoms with Crippen molar-refractivity contribution in [3.05, 3.63) is 30.1 Å². The second-order valence-corrected chi connectivity index (χ2v) is 4.65. The molecule has 0 bridgehead atoms. The lowest BCUT2D eigenvalue weighted by Gasteiger charge is -2.06. The van der Waals surface area contributed by atoms with Crippen molar-refractivity contribution in [1.29, 1.82) is 0 Å². The second-order valence-electron chi connectivity index (χ2n) is 4.65. The van der Waals surface area contributed by atoms with Gasteiger partial charge in [-0.3, -0.25) is 9.48 Å². The van der Waals surface area contributed by atoms with Crippen LogP contribution in [0.4, 0.5) is 0 Å². The number of hydrogen-bond acceptors (Lipinski definition) is 2. The van der Waals surface area contributed by atoms with Gasteiger partial charge in [-0.1, -0.05) is 12.1 Å². The van der Waals surface area contributed by atoms with E-state index in [2.05, 4.69) is 53.4 Å². The van der Waals surface area contributed by atoms with Gasteiger partial charge in [0.05, 0.1) is 25.1 Å². The first-order chi connectivity index (χ1) is 8.18. The van der Waals surface area contributed by atoms with Crippen molar-refractivity contribution in [2.75, 3.05) is 27.2 Å². The van der Waals surface area contributed by atoms with Gasteiger partial charge in [0.25, 0.3) is 0 Å². The Morgan fingerprint density at radius 3 is 2.65 bits per heavy atom. The first kappa shape index (κ1) is 10.3. The Kier molecular flexibility index (Phi) is 2.18. The van der Waals surface area contributed by atoms with Gasteiger partial charge < -0.3 is 4.57 Å². The highest BCUT2D eigenvalue weighted by atomic mass is 15.3. The Bertz CT molecular complexity index is 609. The molecule has 0 N–H and O–H groups in total. The number of rotatable bonds is 1. The van der Waals surface area contributed by atoms with Crippen LogP contribution in [0.3, 0.4) is 0 Å². The molecular formula is C13H17N4+. The van der Waals surface area contributed by atoms with Crippen LogP contribution < -0.4 is 0 Å². The molecular weight excluding hydrogens is 212 g/mol. The summed E-state index contributed by atoms with van der Waals surface area (Å²) in [5.41, 5.74) is 2.25. The normalized spacial score (nSPS) is 16.3. The van der Waals surface area contributed by atoms with E-state index in [4.69, 9.17) is 4.98 Å². The third kappa shape index (κ3) is 1.44. The fourth-order valence-corrected chi connectivity index (χ4v) is 2.49. The molecule has 1 aromatic carbocycles. The molecule has 88 valence electrons. The van der Waals surface area contributed by atoms with E-state index in [1.165, 1.54) is 11.4 Å². The Morgan fingerprint density at radius 1 is 1.24 bits per heavy atom. The van der Waals surface area contributed by atoms with Gasteiger partial charge in [0.1, 0.15) is 13.1 Å². The number of para-hydroxylation sites is 2. The van der Waals surface area contributed by atoms with Gasteiger partial charge in [-0.05, 0) is 12.1 Å². The number of aryl methyl sites for hydroxylation is 1. The van der Waals surface area contributed by atoms with Crippen LogP contribution in [0.2, 0.25) is 0 Å². The zero-order valence-corrected chi connectivity index (χ0v) is 10.5. The summed E-state index contributed by atoms with van der Waals surface area (Å²) in [6, 6.07) is 8.27. The van der Waals surface area contributed by atoms with E-state index in [-0.39, 0.29) is 0 Å². The predicted molar refractivity (Wildman–Crippen MR) is 68.5 cm³/mol. The van der Waals surface area contributed by atoms with E-state index in [0.29, 0.717) is 0 Å². The topological polar surface area (TPSA) is 24.1 Å². The van der Waals surface area contributed by atoms with Gasteiger partial charge in [-0.25, -0.2) is 4.98 Å². The standard InChI is InChI=1S/C13H17N4/c1-15-8-9-16(2)13(15)12-14-10-6-4-5-7-11(10)17(12)3/h4-7H,8-9H2,1-3H3/q+1. The van der Waals surface area contributed by atoms with Gasteiger partial charge in [-0.15, -0.1) is 0 Å². The first-order valence-corrected chi connectivity index (χ1v) is 5.89. The lowest BCUT2D eigenvalue weighted by molar-refractivity contribution is -0.486. The molecule has 0 saturated heterocycles. The number of benzene rings is 1. The molecule has 4 nitrogen and oxygen atoms in total. The molecule has 3 rings (SSSR count). The molecule has 17 heavy (non-hydrogen) atoms. The molecule has 0 atom stereocenters. The maximum atomic E-state index is 4.74. The van der Waals surface area contributed by atoms with E-state index in [1.54, 1.807) is 0 Å². The average Bonchev–Trinajstić information content (AvgIpc) is 2.82. The second kappa shape index (κ2) is 3.58. The molecule has 2 aromatic rings. The summed E-state index contributed by atoms with van der Waals surface area (Å²) in [6.45, 7) is 2.13. The monoisotopic (exact) mass is 229 g/mol. The lowest BCUT2D eigenvalue weighted by atomic mass is 10.3. The molecule has 0 fully saturated rings. The zero-order valence-electron chi connectivity index (χ0n) is 10.5. The summed E-state index contributed by atoms with van der Waals surface area (Å²) in [5, 5.41) is 0. The molecule has 0 unspecified atom stereocenters. The summed E-state index contributed by atoms with van der Waals surface area (Å²) in [7, 11) is 6.33. The van der Waals surface area contributed by atoms with Crippen LogP contribution in [0.5, 0.6) is 0 Å². The maximum absolute atomic E-state index is 4.74. The van der Waals surface area contributed by atoms with Crippen molar-refractivity contribution in [3.8, 4) is 0 Å². The summed E-state index contributed by atoms with van der Waals surface area (Å²) in [5.74, 6) is 2.26. The third-order valence-corrected chi connectivity index (χ3v) is 3.48. The first-order valence-electron chi connectivity index (χ1n) is 5.89. The number of nitrogens with zero attached hydrogens (tertiary/aromatic N) is 4. The number of likely N-dealkylation sites (N-methyl/N-ethyl adjacent to an activating group) is 2. The number of aromatic nitrogens is 2. The zero-order chi connectivity index (χ0) is 12.0. The molecule has 0 saturated carbocycles. The molecule has 0 amide bonds. The number of imidazole rings is 1. The van der Waals surface area contributed by atoms with Crippen LogP contribution in [-0.4, -0.2) is 52.0 Å². The van der Waals surface area contributed by atoms with Gasteiger partial charge in [-0.2, -0.15) is 0 Å². The number of hydrogen-bond donors (Lipinski definition) is 0. The van der Waals surface area contributed by atoms with Gasteiger partial charge in [0.15, 0.2) is 0 Å². The van der Waals surface area contributed by atoms with Crippen molar-refractivity contribution in [1.82, 2.24) is 14.5 Å². The molecule has 2 heterocycles. The highest BCUT2D eigenvalue weighted by Crippen LogP contribution is 2.16. The van der Waals surface area contributed by atoms with E-state index >= 15 is 0 Å². The quantitative estimate of drug-likeness (QED) is 0.679. The molecule has 0 spiro atoms. The fraction of sp³-hybridized carbons (Fsp3) is 0.385. The Labute approximate surface area is 101 Å². The Morgan fingerprint density at radius 2 is 2.00 bits per heavy atom. The number of fused-ring (bicyclic) bond motifs is 1. The van der Waals surface area contributed by atoms with Gasteiger partial charge in [0.2, 0.25) is 5.82 Å². The summed E-state index contributed by atoms with van der Waals surface area (Å²) < 4.78 is 4.43. The molecule has 0 radical (unpaired) electrons. The van der Waals surface area contributed by atoms with E-state index in [1.807, 2.05) is 6.07 Å². The van der Waals surface area contributed by atoms with Crippen LogP contribution >= 0.6 is 0 Å². The molecule has 4 heteroatoms. The fourth-order valence-electron chi connectivity index (χ4n) is 2.49. The minimum absolute atomic E-state index is 1.05. The van der Waals surface area contributed by atoms with E-state index in [9.17, 15) is 0 Å². The van der Waals surface area contributed by atoms with Crippen molar-refractivity contribution in [3.63, 3.8) is 0 Å². The summed E-state index contributed by atoms with van der Waals surface area (Å²) >= 11 is 0. The molecule has 1 aromatic heterocycles. The minimum Gasteiger partial charge on any atom is -0.321 e. The Balaban J connectivity index is 2.25. The largest absolute Gasteiger partial charge is 0.321 e. The van der Waals surface area contributed by atoms with Gasteiger partial charge >= 0.3 is 5.84 Å². The maximum Gasteiger partial charge on any atom is 0.315 e. The highest BCUT2D eigenvalue weighted by Gasteiger charge is 2.30. The van der Waals surface area contributed by atoms with E-state index in [0.717, 1.165) is 24.4 Å². The average molecular weight is 229 g/mol. The van der Waals surface area contributed by atoms with Crippen LogP contribution in [0, 0.1) is 0 Å². The van der Waals surface area contributed by atoms with Crippen molar-refractivity contribution >= 4 is 16.9 Å². The van der Waals surface area contributed by atoms with Gasteiger partial charge in [0, 0.05) is 7.05 Å². The van der Waals surface area contributed by atoms with Crippen LogP contribution in [0.1, 0.15) is 5.82 Å². The predicted octanol–water partition coefficient (Wildman–Crippen LogP) is 0.908. The summed E-state index contributed by atoms with van der Waals surface area (Å²) in [6.07, 6.45) is 0. The van der Waals surface area contributed by atoms with Crippen molar-refractivity contribution < 1.29 is 4.58 Å². The highest BCUT2D eigenvalue weighted by molar-refractivity contribution is 5.95. The van der Waals surface area contributed by atoms with E-state index < -0.39 is 0 Å². The van der Waals surface area contributed by atoms with Crippen molar-refractivity contribution in [2.45, 2.75) is 0 Å². The minimum atomic E-state index is 1.05. The molecule has 0 aliphatic carbocycles. The van der Waals surface area contributed by atoms with Crippen LogP contribution in [0.15, 0.2) is 24.3 Å². The smallest absolute Gasteiger partial charge is 0.315 e. The molecule has 1 aliphatic heterocycles. The SMILES string of the molecule is CN1CC[N+](C)=C1c1nc2ccccc2n1C. The van der Waals surface area contributed by atoms with Crippen molar-refractivity contribution in [2.24, 2.45) is 7.05 Å². The van der Waals surface area contributed by atoms with Crippen LogP contribution in [-0.2, 0) is 7.05 Å². The molecule has 1 aliphatic rings. The third-order valence-electron chi connectivity index (χ3n) is 3.48.